The Morgan fingerprint density at radius 2 is 1.87 bits per heavy atom. The van der Waals surface area contributed by atoms with Gasteiger partial charge in [-0.2, -0.15) is 13.2 Å². The first-order chi connectivity index (χ1) is 10.9. The molecule has 0 aliphatic carbocycles. The molecular formula is C16H31F3N4. The van der Waals surface area contributed by atoms with Crippen LogP contribution in [-0.2, 0) is 0 Å². The highest BCUT2D eigenvalue weighted by Gasteiger charge is 2.25. The van der Waals surface area contributed by atoms with Gasteiger partial charge in [0.2, 0.25) is 0 Å². The molecule has 0 bridgehead atoms. The van der Waals surface area contributed by atoms with Crippen molar-refractivity contribution in [2.75, 3.05) is 32.7 Å². The average molecular weight is 336 g/mol. The van der Waals surface area contributed by atoms with Crippen LogP contribution >= 0.6 is 0 Å². The molecule has 1 heterocycles. The molecule has 0 aromatic heterocycles. The lowest BCUT2D eigenvalue weighted by Crippen LogP contribution is -2.48. The van der Waals surface area contributed by atoms with Gasteiger partial charge in [0.15, 0.2) is 5.96 Å². The number of unbranched alkanes of at least 4 members (excludes halogenated alkanes) is 1. The van der Waals surface area contributed by atoms with E-state index in [1.807, 2.05) is 6.92 Å². The van der Waals surface area contributed by atoms with Crippen molar-refractivity contribution in [3.63, 3.8) is 0 Å². The number of hydrogen-bond acceptors (Lipinski definition) is 2. The summed E-state index contributed by atoms with van der Waals surface area (Å²) in [5.41, 5.74) is 0. The SMILES string of the molecule is CCCN1CCC(NC(=NCCCCC(F)(F)F)NCC)CC1. The Morgan fingerprint density at radius 3 is 2.43 bits per heavy atom. The highest BCUT2D eigenvalue weighted by atomic mass is 19.4. The molecule has 0 aromatic carbocycles. The number of nitrogens with zero attached hydrogens (tertiary/aromatic N) is 2. The number of guanidine groups is 1. The van der Waals surface area contributed by atoms with E-state index in [0.717, 1.165) is 45.0 Å². The van der Waals surface area contributed by atoms with Crippen molar-refractivity contribution >= 4 is 5.96 Å². The Morgan fingerprint density at radius 1 is 1.17 bits per heavy atom. The van der Waals surface area contributed by atoms with Crippen LogP contribution in [0.1, 0.15) is 52.4 Å². The van der Waals surface area contributed by atoms with Crippen molar-refractivity contribution in [2.45, 2.75) is 64.6 Å². The Hall–Kier alpha value is -0.980. The third-order valence-corrected chi connectivity index (χ3v) is 3.95. The highest BCUT2D eigenvalue weighted by Crippen LogP contribution is 2.22. The van der Waals surface area contributed by atoms with Crippen molar-refractivity contribution in [1.82, 2.24) is 15.5 Å². The maximum atomic E-state index is 12.1. The number of nitrogens with one attached hydrogen (secondary N) is 2. The second-order valence-corrected chi connectivity index (χ2v) is 6.09. The van der Waals surface area contributed by atoms with Gasteiger partial charge in [0.25, 0.3) is 0 Å². The lowest BCUT2D eigenvalue weighted by molar-refractivity contribution is -0.135. The molecule has 0 saturated carbocycles. The van der Waals surface area contributed by atoms with Crippen molar-refractivity contribution in [3.05, 3.63) is 0 Å². The fourth-order valence-electron chi connectivity index (χ4n) is 2.76. The van der Waals surface area contributed by atoms with Gasteiger partial charge in [0, 0.05) is 38.6 Å². The Kier molecular flexibility index (Phi) is 9.36. The number of halogens is 3. The maximum absolute atomic E-state index is 12.1. The van der Waals surface area contributed by atoms with Gasteiger partial charge in [-0.3, -0.25) is 4.99 Å². The largest absolute Gasteiger partial charge is 0.389 e. The first kappa shape index (κ1) is 20.1. The van der Waals surface area contributed by atoms with Gasteiger partial charge in [-0.25, -0.2) is 0 Å². The third-order valence-electron chi connectivity index (χ3n) is 3.95. The van der Waals surface area contributed by atoms with Crippen LogP contribution in [0.25, 0.3) is 0 Å². The molecule has 23 heavy (non-hydrogen) atoms. The fourth-order valence-corrected chi connectivity index (χ4v) is 2.76. The fraction of sp³-hybridized carbons (Fsp3) is 0.938. The molecule has 0 amide bonds. The molecule has 0 atom stereocenters. The van der Waals surface area contributed by atoms with Crippen LogP contribution in [0, 0.1) is 0 Å². The van der Waals surface area contributed by atoms with Gasteiger partial charge in [-0.05, 0) is 45.6 Å². The Labute approximate surface area is 137 Å². The van der Waals surface area contributed by atoms with E-state index in [1.54, 1.807) is 0 Å². The van der Waals surface area contributed by atoms with Gasteiger partial charge < -0.3 is 15.5 Å². The molecule has 1 saturated heterocycles. The minimum absolute atomic E-state index is 0.141. The quantitative estimate of drug-likeness (QED) is 0.406. The van der Waals surface area contributed by atoms with Crippen molar-refractivity contribution in [2.24, 2.45) is 4.99 Å². The van der Waals surface area contributed by atoms with Crippen LogP contribution in [0.4, 0.5) is 13.2 Å². The molecule has 0 unspecified atom stereocenters. The minimum atomic E-state index is -4.06. The predicted octanol–water partition coefficient (Wildman–Crippen LogP) is 3.15. The second-order valence-electron chi connectivity index (χ2n) is 6.09. The van der Waals surface area contributed by atoms with Crippen LogP contribution in [-0.4, -0.2) is 55.8 Å². The second kappa shape index (κ2) is 10.7. The summed E-state index contributed by atoms with van der Waals surface area (Å²) in [6.45, 7) is 8.71. The van der Waals surface area contributed by atoms with Gasteiger partial charge in [-0.15, -0.1) is 0 Å². The average Bonchev–Trinajstić information content (AvgIpc) is 2.48. The molecule has 1 rings (SSSR count). The lowest BCUT2D eigenvalue weighted by atomic mass is 10.1. The minimum Gasteiger partial charge on any atom is -0.357 e. The summed E-state index contributed by atoms with van der Waals surface area (Å²) in [6, 6.07) is 0.399. The van der Waals surface area contributed by atoms with Crippen molar-refractivity contribution < 1.29 is 13.2 Å². The molecule has 1 fully saturated rings. The summed E-state index contributed by atoms with van der Waals surface area (Å²) in [5, 5.41) is 6.59. The Bertz CT molecular complexity index is 337. The summed E-state index contributed by atoms with van der Waals surface area (Å²) in [5.74, 6) is 0.730. The van der Waals surface area contributed by atoms with E-state index in [9.17, 15) is 13.2 Å². The maximum Gasteiger partial charge on any atom is 0.389 e. The van der Waals surface area contributed by atoms with Gasteiger partial charge in [0.1, 0.15) is 0 Å². The predicted molar refractivity (Wildman–Crippen MR) is 88.8 cm³/mol. The topological polar surface area (TPSA) is 39.7 Å². The van der Waals surface area contributed by atoms with Gasteiger partial charge >= 0.3 is 6.18 Å². The van der Waals surface area contributed by atoms with Crippen LogP contribution in [0.3, 0.4) is 0 Å². The lowest BCUT2D eigenvalue weighted by Gasteiger charge is -2.32. The molecule has 136 valence electrons. The van der Waals surface area contributed by atoms with Crippen LogP contribution < -0.4 is 10.6 Å². The molecular weight excluding hydrogens is 305 g/mol. The van der Waals surface area contributed by atoms with E-state index >= 15 is 0 Å². The van der Waals surface area contributed by atoms with Gasteiger partial charge in [0.05, 0.1) is 0 Å². The van der Waals surface area contributed by atoms with Crippen LogP contribution in [0.15, 0.2) is 4.99 Å². The van der Waals surface area contributed by atoms with Crippen molar-refractivity contribution in [3.8, 4) is 0 Å². The summed E-state index contributed by atoms with van der Waals surface area (Å²) in [4.78, 5) is 6.87. The standard InChI is InChI=1S/C16H31F3N4/c1-3-11-23-12-7-14(8-13-23)22-15(20-4-2)21-10-6-5-9-16(17,18)19/h14H,3-13H2,1-2H3,(H2,20,21,22). The number of piperidine rings is 1. The van der Waals surface area contributed by atoms with E-state index in [4.69, 9.17) is 0 Å². The van der Waals surface area contributed by atoms with Crippen LogP contribution in [0.5, 0.6) is 0 Å². The molecule has 7 heteroatoms. The summed E-state index contributed by atoms with van der Waals surface area (Å²) in [7, 11) is 0. The molecule has 2 N–H and O–H groups in total. The van der Waals surface area contributed by atoms with E-state index in [2.05, 4.69) is 27.4 Å². The number of likely N-dealkylation sites (tertiary alicyclic amines) is 1. The van der Waals surface area contributed by atoms with Crippen LogP contribution in [0.2, 0.25) is 0 Å². The first-order valence-electron chi connectivity index (χ1n) is 8.78. The normalized spacial score (nSPS) is 18.2. The molecule has 0 radical (unpaired) electrons. The molecule has 0 aromatic rings. The number of alkyl halides is 3. The highest BCUT2D eigenvalue weighted by molar-refractivity contribution is 5.80. The zero-order valence-corrected chi connectivity index (χ0v) is 14.4. The summed E-state index contributed by atoms with van der Waals surface area (Å²) in [6.07, 6.45) is -0.828. The first-order valence-corrected chi connectivity index (χ1v) is 8.78. The number of rotatable bonds is 8. The summed E-state index contributed by atoms with van der Waals surface area (Å²) >= 11 is 0. The van der Waals surface area contributed by atoms with E-state index in [0.29, 0.717) is 19.0 Å². The monoisotopic (exact) mass is 336 g/mol. The zero-order valence-electron chi connectivity index (χ0n) is 14.4. The molecule has 1 aliphatic rings. The summed E-state index contributed by atoms with van der Waals surface area (Å²) < 4.78 is 36.3. The number of aliphatic imine (C=N–C) groups is 1. The van der Waals surface area contributed by atoms with E-state index < -0.39 is 12.6 Å². The smallest absolute Gasteiger partial charge is 0.357 e. The van der Waals surface area contributed by atoms with Gasteiger partial charge in [-0.1, -0.05) is 6.92 Å². The number of hydrogen-bond donors (Lipinski definition) is 2. The zero-order chi connectivity index (χ0) is 17.1. The van der Waals surface area contributed by atoms with E-state index in [-0.39, 0.29) is 6.42 Å². The molecule has 1 aliphatic heterocycles. The van der Waals surface area contributed by atoms with Crippen molar-refractivity contribution in [1.29, 1.82) is 0 Å². The van der Waals surface area contributed by atoms with E-state index in [1.165, 1.54) is 6.42 Å². The Balaban J connectivity index is 2.29. The molecule has 4 nitrogen and oxygen atoms in total. The third kappa shape index (κ3) is 9.69. The molecule has 0 spiro atoms.